The summed E-state index contributed by atoms with van der Waals surface area (Å²) in [5.74, 6) is -1.13. The van der Waals surface area contributed by atoms with Crippen LogP contribution in [0, 0.1) is 0 Å². The van der Waals surface area contributed by atoms with Crippen LogP contribution >= 0.6 is 34.5 Å². The number of nitrogens with one attached hydrogen (secondary N) is 2. The normalized spacial score (nSPS) is 10.4. The third-order valence-corrected chi connectivity index (χ3v) is 5.49. The number of hydrogen-bond acceptors (Lipinski definition) is 4. The molecular weight excluding hydrogens is 409 g/mol. The number of benzene rings is 1. The summed E-state index contributed by atoms with van der Waals surface area (Å²) in [5, 5.41) is 15.5. The molecule has 0 saturated carbocycles. The van der Waals surface area contributed by atoms with Crippen LogP contribution in [0.5, 0.6) is 0 Å². The van der Waals surface area contributed by atoms with E-state index in [-0.39, 0.29) is 10.6 Å². The summed E-state index contributed by atoms with van der Waals surface area (Å²) >= 11 is 13.0. The first-order valence-electron chi connectivity index (χ1n) is 7.70. The lowest BCUT2D eigenvalue weighted by Gasteiger charge is -2.07. The Bertz CT molecular complexity index is 993. The molecule has 27 heavy (non-hydrogen) atoms. The van der Waals surface area contributed by atoms with E-state index in [1.807, 2.05) is 0 Å². The average Bonchev–Trinajstić information content (AvgIpc) is 3.07. The van der Waals surface area contributed by atoms with Gasteiger partial charge in [-0.3, -0.25) is 4.98 Å². The number of carbonyl (C=O) groups excluding carboxylic acids is 1. The molecular formula is C18H13Cl2N3O3S. The molecule has 2 aromatic heterocycles. The Hall–Kier alpha value is -2.61. The van der Waals surface area contributed by atoms with E-state index in [1.165, 1.54) is 0 Å². The zero-order valence-electron chi connectivity index (χ0n) is 13.7. The summed E-state index contributed by atoms with van der Waals surface area (Å²) in [6.45, 7) is 0.292. The van der Waals surface area contributed by atoms with Crippen molar-refractivity contribution in [2.45, 2.75) is 6.54 Å². The highest BCUT2D eigenvalue weighted by atomic mass is 35.5. The molecule has 6 nitrogen and oxygen atoms in total. The van der Waals surface area contributed by atoms with Gasteiger partial charge in [-0.25, -0.2) is 9.59 Å². The second kappa shape index (κ2) is 8.39. The number of rotatable bonds is 5. The Morgan fingerprint density at radius 1 is 1.07 bits per heavy atom. The molecule has 2 amide bonds. The molecule has 3 rings (SSSR count). The maximum Gasteiger partial charge on any atom is 0.348 e. The molecule has 0 radical (unpaired) electrons. The number of carbonyl (C=O) groups is 2. The van der Waals surface area contributed by atoms with E-state index in [0.717, 1.165) is 16.9 Å². The number of carboxylic acids is 1. The quantitative estimate of drug-likeness (QED) is 0.531. The minimum Gasteiger partial charge on any atom is -0.477 e. The molecule has 0 fully saturated rings. The topological polar surface area (TPSA) is 91.3 Å². The first-order valence-corrected chi connectivity index (χ1v) is 9.27. The standard InChI is InChI=1S/C18H13Cl2N3O3S/c19-12-2-1-11(7-13(12)20)15-8-14(16(27-15)17(24)25)23-18(26)22-9-10-3-5-21-6-4-10/h1-8H,9H2,(H,24,25)(H2,22,23,26). The van der Waals surface area contributed by atoms with E-state index in [2.05, 4.69) is 15.6 Å². The molecule has 0 atom stereocenters. The third kappa shape index (κ3) is 4.77. The van der Waals surface area contributed by atoms with Gasteiger partial charge in [0.25, 0.3) is 0 Å². The Labute approximate surface area is 168 Å². The highest BCUT2D eigenvalue weighted by Gasteiger charge is 2.18. The van der Waals surface area contributed by atoms with Gasteiger partial charge in [0.2, 0.25) is 0 Å². The first-order chi connectivity index (χ1) is 12.9. The Morgan fingerprint density at radius 3 is 2.48 bits per heavy atom. The zero-order chi connectivity index (χ0) is 19.4. The third-order valence-electron chi connectivity index (χ3n) is 3.58. The van der Waals surface area contributed by atoms with Gasteiger partial charge in [-0.15, -0.1) is 11.3 Å². The van der Waals surface area contributed by atoms with Crippen molar-refractivity contribution in [3.05, 3.63) is 69.3 Å². The largest absolute Gasteiger partial charge is 0.477 e. The van der Waals surface area contributed by atoms with Crippen LogP contribution in [0.25, 0.3) is 10.4 Å². The van der Waals surface area contributed by atoms with Gasteiger partial charge in [0.1, 0.15) is 4.88 Å². The van der Waals surface area contributed by atoms with Crippen LogP contribution < -0.4 is 10.6 Å². The molecule has 0 aliphatic heterocycles. The Morgan fingerprint density at radius 2 is 1.81 bits per heavy atom. The van der Waals surface area contributed by atoms with Crippen molar-refractivity contribution in [2.75, 3.05) is 5.32 Å². The van der Waals surface area contributed by atoms with Gasteiger partial charge in [0.15, 0.2) is 0 Å². The molecule has 3 N–H and O–H groups in total. The van der Waals surface area contributed by atoms with Crippen LogP contribution in [0.15, 0.2) is 48.8 Å². The summed E-state index contributed by atoms with van der Waals surface area (Å²) in [5.41, 5.74) is 1.79. The molecule has 138 valence electrons. The lowest BCUT2D eigenvalue weighted by Crippen LogP contribution is -2.28. The van der Waals surface area contributed by atoms with E-state index < -0.39 is 12.0 Å². The van der Waals surface area contributed by atoms with Gasteiger partial charge in [-0.1, -0.05) is 29.3 Å². The number of amides is 2. The van der Waals surface area contributed by atoms with Gasteiger partial charge >= 0.3 is 12.0 Å². The van der Waals surface area contributed by atoms with Crippen molar-refractivity contribution in [3.8, 4) is 10.4 Å². The number of pyridine rings is 1. The second-order valence-electron chi connectivity index (χ2n) is 5.45. The van der Waals surface area contributed by atoms with E-state index in [9.17, 15) is 14.7 Å². The lowest BCUT2D eigenvalue weighted by molar-refractivity contribution is 0.0703. The van der Waals surface area contributed by atoms with Crippen molar-refractivity contribution in [1.29, 1.82) is 0 Å². The van der Waals surface area contributed by atoms with Gasteiger partial charge < -0.3 is 15.7 Å². The Kier molecular flexibility index (Phi) is 5.95. The van der Waals surface area contributed by atoms with Crippen molar-refractivity contribution < 1.29 is 14.7 Å². The first kappa shape index (κ1) is 19.2. The lowest BCUT2D eigenvalue weighted by atomic mass is 10.2. The van der Waals surface area contributed by atoms with Crippen molar-refractivity contribution in [3.63, 3.8) is 0 Å². The van der Waals surface area contributed by atoms with E-state index in [1.54, 1.807) is 48.8 Å². The minimum absolute atomic E-state index is 0.0233. The summed E-state index contributed by atoms with van der Waals surface area (Å²) in [7, 11) is 0. The van der Waals surface area contributed by atoms with E-state index >= 15 is 0 Å². The van der Waals surface area contributed by atoms with Crippen molar-refractivity contribution in [2.24, 2.45) is 0 Å². The molecule has 0 saturated heterocycles. The number of anilines is 1. The SMILES string of the molecule is O=C(NCc1ccncc1)Nc1cc(-c2ccc(Cl)c(Cl)c2)sc1C(=O)O. The number of carboxylic acid groups (broad SMARTS) is 1. The summed E-state index contributed by atoms with van der Waals surface area (Å²) in [4.78, 5) is 28.2. The smallest absolute Gasteiger partial charge is 0.348 e. The molecule has 0 bridgehead atoms. The van der Waals surface area contributed by atoms with Crippen molar-refractivity contribution in [1.82, 2.24) is 10.3 Å². The zero-order valence-corrected chi connectivity index (χ0v) is 16.0. The molecule has 9 heteroatoms. The summed E-state index contributed by atoms with van der Waals surface area (Å²) < 4.78 is 0. The Balaban J connectivity index is 1.78. The van der Waals surface area contributed by atoms with E-state index in [0.29, 0.717) is 27.0 Å². The molecule has 2 heterocycles. The maximum absolute atomic E-state index is 12.1. The fourth-order valence-electron chi connectivity index (χ4n) is 2.28. The molecule has 3 aromatic rings. The number of hydrogen-bond donors (Lipinski definition) is 3. The second-order valence-corrected chi connectivity index (χ2v) is 7.32. The highest BCUT2D eigenvalue weighted by Crippen LogP contribution is 2.37. The van der Waals surface area contributed by atoms with E-state index in [4.69, 9.17) is 23.2 Å². The summed E-state index contributed by atoms with van der Waals surface area (Å²) in [6, 6.07) is 9.65. The predicted octanol–water partition coefficient (Wildman–Crippen LogP) is 5.14. The number of urea groups is 1. The van der Waals surface area contributed by atoms with Crippen LogP contribution in [0.4, 0.5) is 10.5 Å². The maximum atomic E-state index is 12.1. The van der Waals surface area contributed by atoms with Gasteiger partial charge in [-0.05, 0) is 41.5 Å². The monoisotopic (exact) mass is 421 g/mol. The van der Waals surface area contributed by atoms with Crippen LogP contribution in [-0.4, -0.2) is 22.1 Å². The molecule has 1 aromatic carbocycles. The number of nitrogens with zero attached hydrogens (tertiary/aromatic N) is 1. The minimum atomic E-state index is -1.13. The van der Waals surface area contributed by atoms with Crippen LogP contribution in [-0.2, 0) is 6.54 Å². The molecule has 0 unspecified atom stereocenters. The van der Waals surface area contributed by atoms with Gasteiger partial charge in [-0.2, -0.15) is 0 Å². The fourth-order valence-corrected chi connectivity index (χ4v) is 3.53. The number of thiophene rings is 1. The molecule has 0 aliphatic rings. The molecule has 0 aliphatic carbocycles. The van der Waals surface area contributed by atoms with Crippen LogP contribution in [0.2, 0.25) is 10.0 Å². The number of halogens is 2. The highest BCUT2D eigenvalue weighted by molar-refractivity contribution is 7.18. The van der Waals surface area contributed by atoms with Crippen molar-refractivity contribution >= 4 is 52.2 Å². The van der Waals surface area contributed by atoms with Crippen LogP contribution in [0.1, 0.15) is 15.2 Å². The number of aromatic nitrogens is 1. The van der Waals surface area contributed by atoms with Gasteiger partial charge in [0.05, 0.1) is 15.7 Å². The fraction of sp³-hybridized carbons (Fsp3) is 0.0556. The average molecular weight is 422 g/mol. The molecule has 0 spiro atoms. The summed E-state index contributed by atoms with van der Waals surface area (Å²) in [6.07, 6.45) is 3.25. The van der Waals surface area contributed by atoms with Crippen LogP contribution in [0.3, 0.4) is 0 Å². The predicted molar refractivity (Wildman–Crippen MR) is 107 cm³/mol. The number of aromatic carboxylic acids is 1. The van der Waals surface area contributed by atoms with Gasteiger partial charge in [0, 0.05) is 23.8 Å².